The number of para-hydroxylation sites is 1. The van der Waals surface area contributed by atoms with Gasteiger partial charge < -0.3 is 10.4 Å². The average Bonchev–Trinajstić information content (AvgIpc) is 2.92. The van der Waals surface area contributed by atoms with E-state index in [1.54, 1.807) is 6.07 Å². The van der Waals surface area contributed by atoms with Gasteiger partial charge in [0.15, 0.2) is 5.69 Å². The summed E-state index contributed by atoms with van der Waals surface area (Å²) < 4.78 is 0. The number of pyridine rings is 1. The summed E-state index contributed by atoms with van der Waals surface area (Å²) in [4.78, 5) is 26.6. The number of carboxylic acid groups (broad SMARTS) is 1. The van der Waals surface area contributed by atoms with E-state index in [0.717, 1.165) is 5.52 Å². The zero-order valence-corrected chi connectivity index (χ0v) is 10.7. The molecule has 0 fully saturated rings. The number of nitrogens with zero attached hydrogens (tertiary/aromatic N) is 2. The van der Waals surface area contributed by atoms with Gasteiger partial charge in [0.1, 0.15) is 5.69 Å². The standard InChI is InChI=1S/C14H10N4O3/c19-13(12-9-3-1-2-4-10(9)17-18-12)16-8-5-6-11(14(20)21)15-7-8/h1-7H,(H,16,19)(H,17,18)(H,20,21). The highest BCUT2D eigenvalue weighted by atomic mass is 16.4. The van der Waals surface area contributed by atoms with E-state index in [-0.39, 0.29) is 11.4 Å². The minimum Gasteiger partial charge on any atom is -0.477 e. The fourth-order valence-electron chi connectivity index (χ4n) is 1.92. The largest absolute Gasteiger partial charge is 0.477 e. The number of carbonyl (C=O) groups excluding carboxylic acids is 1. The number of fused-ring (bicyclic) bond motifs is 1. The molecule has 104 valence electrons. The minimum absolute atomic E-state index is 0.0850. The molecule has 0 bridgehead atoms. The van der Waals surface area contributed by atoms with E-state index >= 15 is 0 Å². The van der Waals surface area contributed by atoms with Crippen LogP contribution < -0.4 is 5.32 Å². The van der Waals surface area contributed by atoms with Crippen molar-refractivity contribution in [1.29, 1.82) is 0 Å². The van der Waals surface area contributed by atoms with Crippen molar-refractivity contribution in [3.63, 3.8) is 0 Å². The van der Waals surface area contributed by atoms with Crippen molar-refractivity contribution in [2.45, 2.75) is 0 Å². The quantitative estimate of drug-likeness (QED) is 0.680. The number of anilines is 1. The molecule has 3 N–H and O–H groups in total. The smallest absolute Gasteiger partial charge is 0.354 e. The van der Waals surface area contributed by atoms with Gasteiger partial charge in [-0.2, -0.15) is 5.10 Å². The number of hydrogen-bond donors (Lipinski definition) is 3. The van der Waals surface area contributed by atoms with Crippen LogP contribution >= 0.6 is 0 Å². The van der Waals surface area contributed by atoms with Crippen LogP contribution in [0.15, 0.2) is 42.6 Å². The summed E-state index contributed by atoms with van der Waals surface area (Å²) in [5, 5.41) is 18.9. The Bertz CT molecular complexity index is 824. The first-order valence-electron chi connectivity index (χ1n) is 6.09. The van der Waals surface area contributed by atoms with Gasteiger partial charge in [0.25, 0.3) is 5.91 Å². The molecule has 7 heteroatoms. The molecule has 21 heavy (non-hydrogen) atoms. The van der Waals surface area contributed by atoms with Crippen molar-refractivity contribution >= 4 is 28.5 Å². The van der Waals surface area contributed by atoms with E-state index in [2.05, 4.69) is 20.5 Å². The lowest BCUT2D eigenvalue weighted by Crippen LogP contribution is -2.13. The average molecular weight is 282 g/mol. The zero-order chi connectivity index (χ0) is 14.8. The fourth-order valence-corrected chi connectivity index (χ4v) is 1.92. The van der Waals surface area contributed by atoms with E-state index in [0.29, 0.717) is 11.1 Å². The van der Waals surface area contributed by atoms with Gasteiger partial charge in [0.2, 0.25) is 0 Å². The summed E-state index contributed by atoms with van der Waals surface area (Å²) in [6, 6.07) is 10.1. The summed E-state index contributed by atoms with van der Waals surface area (Å²) in [7, 11) is 0. The SMILES string of the molecule is O=C(O)c1ccc(NC(=O)c2n[nH]c3ccccc23)cn1. The van der Waals surface area contributed by atoms with Crippen LogP contribution in [0.1, 0.15) is 21.0 Å². The van der Waals surface area contributed by atoms with Gasteiger partial charge in [-0.3, -0.25) is 9.89 Å². The molecule has 0 unspecified atom stereocenters. The van der Waals surface area contributed by atoms with Crippen LogP contribution in [0.5, 0.6) is 0 Å². The number of aromatic carboxylic acids is 1. The highest BCUT2D eigenvalue weighted by Gasteiger charge is 2.14. The van der Waals surface area contributed by atoms with Crippen LogP contribution in [0.3, 0.4) is 0 Å². The van der Waals surface area contributed by atoms with Crippen molar-refractivity contribution in [2.75, 3.05) is 5.32 Å². The van der Waals surface area contributed by atoms with E-state index in [9.17, 15) is 9.59 Å². The Kier molecular flexibility index (Phi) is 3.07. The Morgan fingerprint density at radius 1 is 1.14 bits per heavy atom. The molecule has 1 aromatic carbocycles. The number of hydrogen-bond acceptors (Lipinski definition) is 4. The number of carboxylic acids is 1. The molecule has 0 atom stereocenters. The number of H-pyrrole nitrogens is 1. The Labute approximate surface area is 118 Å². The van der Waals surface area contributed by atoms with Crippen molar-refractivity contribution in [3.8, 4) is 0 Å². The number of nitrogens with one attached hydrogen (secondary N) is 2. The first-order chi connectivity index (χ1) is 10.1. The third-order valence-electron chi connectivity index (χ3n) is 2.93. The predicted octanol–water partition coefficient (Wildman–Crippen LogP) is 1.91. The van der Waals surface area contributed by atoms with Crippen LogP contribution in [0.25, 0.3) is 10.9 Å². The normalized spacial score (nSPS) is 10.5. The number of benzene rings is 1. The van der Waals surface area contributed by atoms with Crippen molar-refractivity contribution in [1.82, 2.24) is 15.2 Å². The van der Waals surface area contributed by atoms with Gasteiger partial charge in [-0.15, -0.1) is 0 Å². The van der Waals surface area contributed by atoms with Gasteiger partial charge in [-0.1, -0.05) is 18.2 Å². The second-order valence-electron chi connectivity index (χ2n) is 4.31. The zero-order valence-electron chi connectivity index (χ0n) is 10.7. The third-order valence-corrected chi connectivity index (χ3v) is 2.93. The van der Waals surface area contributed by atoms with Gasteiger partial charge in [-0.05, 0) is 18.2 Å². The van der Waals surface area contributed by atoms with Crippen LogP contribution in [-0.4, -0.2) is 32.2 Å². The Morgan fingerprint density at radius 2 is 1.95 bits per heavy atom. The molecular formula is C14H10N4O3. The molecule has 0 aliphatic carbocycles. The molecular weight excluding hydrogens is 272 g/mol. The lowest BCUT2D eigenvalue weighted by Gasteiger charge is -2.03. The highest BCUT2D eigenvalue weighted by molar-refractivity contribution is 6.11. The number of rotatable bonds is 3. The molecule has 3 aromatic rings. The molecule has 0 aliphatic heterocycles. The molecule has 2 heterocycles. The molecule has 7 nitrogen and oxygen atoms in total. The topological polar surface area (TPSA) is 108 Å². The third kappa shape index (κ3) is 2.44. The maximum absolute atomic E-state index is 12.2. The van der Waals surface area contributed by atoms with Crippen LogP contribution in [-0.2, 0) is 0 Å². The van der Waals surface area contributed by atoms with Crippen molar-refractivity contribution in [2.24, 2.45) is 0 Å². The van der Waals surface area contributed by atoms with Crippen molar-refractivity contribution < 1.29 is 14.7 Å². The highest BCUT2D eigenvalue weighted by Crippen LogP contribution is 2.16. The predicted molar refractivity (Wildman–Crippen MR) is 75.2 cm³/mol. The van der Waals surface area contributed by atoms with Crippen molar-refractivity contribution in [3.05, 3.63) is 54.0 Å². The molecule has 0 radical (unpaired) electrons. The Morgan fingerprint density at radius 3 is 2.67 bits per heavy atom. The minimum atomic E-state index is -1.12. The summed E-state index contributed by atoms with van der Waals surface area (Å²) in [6.07, 6.45) is 1.29. The lowest BCUT2D eigenvalue weighted by atomic mass is 10.2. The maximum atomic E-state index is 12.2. The molecule has 2 aromatic heterocycles. The number of aromatic amines is 1. The molecule has 0 saturated heterocycles. The summed E-state index contributed by atoms with van der Waals surface area (Å²) in [5.41, 5.74) is 1.35. The molecule has 3 rings (SSSR count). The van der Waals surface area contributed by atoms with E-state index in [1.807, 2.05) is 18.2 Å². The molecule has 0 aliphatic rings. The molecule has 1 amide bonds. The second-order valence-corrected chi connectivity index (χ2v) is 4.31. The lowest BCUT2D eigenvalue weighted by molar-refractivity contribution is 0.0690. The Balaban J connectivity index is 1.84. The van der Waals surface area contributed by atoms with Crippen LogP contribution in [0, 0.1) is 0 Å². The number of amides is 1. The van der Waals surface area contributed by atoms with Crippen LogP contribution in [0.4, 0.5) is 5.69 Å². The summed E-state index contributed by atoms with van der Waals surface area (Å²) in [6.45, 7) is 0. The monoisotopic (exact) mass is 282 g/mol. The van der Waals surface area contributed by atoms with Gasteiger partial charge in [0.05, 0.1) is 17.4 Å². The first-order valence-corrected chi connectivity index (χ1v) is 6.09. The second kappa shape index (κ2) is 5.04. The molecule has 0 spiro atoms. The first kappa shape index (κ1) is 12.8. The van der Waals surface area contributed by atoms with Gasteiger partial charge in [0, 0.05) is 5.39 Å². The fraction of sp³-hybridized carbons (Fsp3) is 0. The maximum Gasteiger partial charge on any atom is 0.354 e. The Hall–Kier alpha value is -3.22. The summed E-state index contributed by atoms with van der Waals surface area (Å²) >= 11 is 0. The van der Waals surface area contributed by atoms with E-state index < -0.39 is 11.9 Å². The van der Waals surface area contributed by atoms with Gasteiger partial charge in [-0.25, -0.2) is 9.78 Å². The number of carbonyl (C=O) groups is 2. The number of aromatic nitrogens is 3. The van der Waals surface area contributed by atoms with Gasteiger partial charge >= 0.3 is 5.97 Å². The summed E-state index contributed by atoms with van der Waals surface area (Å²) in [5.74, 6) is -1.51. The van der Waals surface area contributed by atoms with E-state index in [4.69, 9.17) is 5.11 Å². The van der Waals surface area contributed by atoms with Crippen LogP contribution in [0.2, 0.25) is 0 Å². The molecule has 0 saturated carbocycles. The van der Waals surface area contributed by atoms with E-state index in [1.165, 1.54) is 18.3 Å².